The van der Waals surface area contributed by atoms with E-state index in [0.717, 1.165) is 16.7 Å². The molecular weight excluding hydrogens is 428 g/mol. The van der Waals surface area contributed by atoms with Crippen molar-refractivity contribution in [2.24, 2.45) is 0 Å². The van der Waals surface area contributed by atoms with Crippen molar-refractivity contribution in [2.45, 2.75) is 36.4 Å². The van der Waals surface area contributed by atoms with Crippen LogP contribution in [0.3, 0.4) is 0 Å². The maximum atomic E-state index is 11.6. The lowest BCUT2D eigenvalue weighted by Gasteiger charge is -2.38. The third-order valence-corrected chi connectivity index (χ3v) is 6.94. The number of benzene rings is 3. The summed E-state index contributed by atoms with van der Waals surface area (Å²) >= 11 is 0. The van der Waals surface area contributed by atoms with Gasteiger partial charge in [-0.2, -0.15) is 4.98 Å². The Bertz CT molecular complexity index is 1240. The molecule has 0 aliphatic carbocycles. The van der Waals surface area contributed by atoms with Crippen molar-refractivity contribution in [3.05, 3.63) is 130 Å². The Morgan fingerprint density at radius 2 is 1.35 bits per heavy atom. The molecule has 4 aromatic rings. The van der Waals surface area contributed by atoms with E-state index in [1.165, 1.54) is 6.07 Å². The standard InChI is InChI=1S/C28H24N2O4/c31-23-16-17-30-26-25(34-27(30)29-23)24(32)22(33-26)18-28(19-10-4-1-5-11-19,20-12-6-2-7-13-20)21-14-8-3-9-15-21/h1-17,22,24-26,32H,18H2/t22-,24-,25+,26+/m0/s1. The highest BCUT2D eigenvalue weighted by atomic mass is 16.6. The van der Waals surface area contributed by atoms with Crippen molar-refractivity contribution in [1.29, 1.82) is 0 Å². The van der Waals surface area contributed by atoms with Gasteiger partial charge < -0.3 is 14.6 Å². The van der Waals surface area contributed by atoms with E-state index in [1.54, 1.807) is 10.8 Å². The van der Waals surface area contributed by atoms with Gasteiger partial charge in [-0.25, -0.2) is 0 Å². The van der Waals surface area contributed by atoms with Crippen molar-refractivity contribution in [1.82, 2.24) is 9.55 Å². The highest BCUT2D eigenvalue weighted by Gasteiger charge is 2.53. The van der Waals surface area contributed by atoms with Gasteiger partial charge >= 0.3 is 6.01 Å². The van der Waals surface area contributed by atoms with Crippen LogP contribution in [0.5, 0.6) is 6.01 Å². The van der Waals surface area contributed by atoms with Crippen molar-refractivity contribution in [3.8, 4) is 6.01 Å². The zero-order valence-electron chi connectivity index (χ0n) is 18.4. The van der Waals surface area contributed by atoms with Gasteiger partial charge in [-0.1, -0.05) is 91.0 Å². The summed E-state index contributed by atoms with van der Waals surface area (Å²) < 4.78 is 14.0. The van der Waals surface area contributed by atoms with Gasteiger partial charge in [-0.3, -0.25) is 9.36 Å². The van der Waals surface area contributed by atoms with Crippen LogP contribution in [-0.2, 0) is 10.2 Å². The van der Waals surface area contributed by atoms with E-state index in [2.05, 4.69) is 41.4 Å². The summed E-state index contributed by atoms with van der Waals surface area (Å²) in [6.07, 6.45) is -0.447. The fraction of sp³-hybridized carbons (Fsp3) is 0.214. The van der Waals surface area contributed by atoms with E-state index in [4.69, 9.17) is 9.47 Å². The Labute approximate surface area is 197 Å². The molecule has 34 heavy (non-hydrogen) atoms. The van der Waals surface area contributed by atoms with Crippen molar-refractivity contribution in [2.75, 3.05) is 0 Å². The van der Waals surface area contributed by atoms with E-state index >= 15 is 0 Å². The third kappa shape index (κ3) is 3.26. The second-order valence-electron chi connectivity index (χ2n) is 8.80. The first-order valence-corrected chi connectivity index (χ1v) is 11.4. The van der Waals surface area contributed by atoms with Crippen molar-refractivity contribution >= 4 is 0 Å². The van der Waals surface area contributed by atoms with E-state index < -0.39 is 30.0 Å². The average Bonchev–Trinajstić information content (AvgIpc) is 3.39. The normalized spacial score (nSPS) is 23.2. The number of fused-ring (bicyclic) bond motifs is 3. The fourth-order valence-corrected chi connectivity index (χ4v) is 5.36. The number of nitrogens with zero attached hydrogens (tertiary/aromatic N) is 2. The van der Waals surface area contributed by atoms with Crippen LogP contribution >= 0.6 is 0 Å². The average molecular weight is 453 g/mol. The summed E-state index contributed by atoms with van der Waals surface area (Å²) in [6, 6.07) is 32.6. The number of aliphatic hydroxyl groups excluding tert-OH is 1. The molecule has 170 valence electrons. The fourth-order valence-electron chi connectivity index (χ4n) is 5.36. The number of ether oxygens (including phenoxy) is 2. The molecule has 6 nitrogen and oxygen atoms in total. The molecule has 6 heteroatoms. The molecule has 0 radical (unpaired) electrons. The molecule has 2 aliphatic heterocycles. The molecule has 0 amide bonds. The number of aliphatic hydroxyl groups is 1. The van der Waals surface area contributed by atoms with E-state index in [9.17, 15) is 9.90 Å². The summed E-state index contributed by atoms with van der Waals surface area (Å²) in [5, 5.41) is 11.3. The lowest BCUT2D eigenvalue weighted by Crippen LogP contribution is -2.40. The predicted octanol–water partition coefficient (Wildman–Crippen LogP) is 3.69. The molecule has 4 atom stereocenters. The molecule has 6 rings (SSSR count). The van der Waals surface area contributed by atoms with Crippen LogP contribution in [0, 0.1) is 0 Å². The molecule has 0 unspecified atom stereocenters. The maximum absolute atomic E-state index is 11.6. The van der Waals surface area contributed by atoms with Gasteiger partial charge in [0.1, 0.15) is 6.10 Å². The van der Waals surface area contributed by atoms with Gasteiger partial charge in [0, 0.05) is 17.7 Å². The minimum atomic E-state index is -0.891. The monoisotopic (exact) mass is 452 g/mol. The van der Waals surface area contributed by atoms with E-state index in [-0.39, 0.29) is 11.6 Å². The minimum absolute atomic E-state index is 0.181. The van der Waals surface area contributed by atoms with E-state index in [1.807, 2.05) is 54.6 Å². The second-order valence-corrected chi connectivity index (χ2v) is 8.80. The zero-order valence-corrected chi connectivity index (χ0v) is 18.4. The number of hydrogen-bond acceptors (Lipinski definition) is 5. The Balaban J connectivity index is 1.46. The summed E-state index contributed by atoms with van der Waals surface area (Å²) in [5.74, 6) is 0. The predicted molar refractivity (Wildman–Crippen MR) is 127 cm³/mol. The Hall–Kier alpha value is -3.74. The molecule has 3 heterocycles. The summed E-state index contributed by atoms with van der Waals surface area (Å²) in [7, 11) is 0. The topological polar surface area (TPSA) is 73.6 Å². The van der Waals surface area contributed by atoms with Gasteiger partial charge in [0.2, 0.25) is 0 Å². The number of aromatic nitrogens is 2. The minimum Gasteiger partial charge on any atom is -0.453 e. The molecule has 1 N–H and O–H groups in total. The van der Waals surface area contributed by atoms with Gasteiger partial charge in [0.25, 0.3) is 5.56 Å². The first-order chi connectivity index (χ1) is 16.7. The van der Waals surface area contributed by atoms with Crippen molar-refractivity contribution in [3.63, 3.8) is 0 Å². The van der Waals surface area contributed by atoms with Crippen LogP contribution < -0.4 is 10.3 Å². The van der Waals surface area contributed by atoms with Crippen LogP contribution in [0.15, 0.2) is 108 Å². The van der Waals surface area contributed by atoms with Crippen LogP contribution in [-0.4, -0.2) is 33.0 Å². The molecule has 0 bridgehead atoms. The molecule has 1 saturated heterocycles. The molecule has 0 spiro atoms. The first-order valence-electron chi connectivity index (χ1n) is 11.4. The molecule has 1 fully saturated rings. The quantitative estimate of drug-likeness (QED) is 0.468. The van der Waals surface area contributed by atoms with Crippen LogP contribution in [0.2, 0.25) is 0 Å². The molecule has 2 aliphatic rings. The smallest absolute Gasteiger partial charge is 0.302 e. The van der Waals surface area contributed by atoms with Crippen molar-refractivity contribution < 1.29 is 14.6 Å². The van der Waals surface area contributed by atoms with Gasteiger partial charge in [-0.15, -0.1) is 0 Å². The van der Waals surface area contributed by atoms with Gasteiger partial charge in [0.05, 0.1) is 6.10 Å². The van der Waals surface area contributed by atoms with Gasteiger partial charge in [0.15, 0.2) is 12.3 Å². The van der Waals surface area contributed by atoms with Crippen LogP contribution in [0.25, 0.3) is 0 Å². The highest BCUT2D eigenvalue weighted by Crippen LogP contribution is 2.48. The first kappa shape index (κ1) is 20.8. The highest BCUT2D eigenvalue weighted by molar-refractivity contribution is 5.50. The summed E-state index contributed by atoms with van der Waals surface area (Å²) in [6.45, 7) is 0. The Morgan fingerprint density at radius 3 is 1.88 bits per heavy atom. The summed E-state index contributed by atoms with van der Waals surface area (Å²) in [5.41, 5.74) is 2.41. The molecule has 0 saturated carbocycles. The zero-order chi connectivity index (χ0) is 23.1. The largest absolute Gasteiger partial charge is 0.453 e. The SMILES string of the molecule is O=c1ccn2c(n1)O[C@@H]1[C@@H](O)[C@H](CC(c3ccccc3)(c3ccccc3)c3ccccc3)O[C@H]12. The molecule has 3 aromatic carbocycles. The Morgan fingerprint density at radius 1 is 0.824 bits per heavy atom. The number of rotatable bonds is 5. The summed E-state index contributed by atoms with van der Waals surface area (Å²) in [4.78, 5) is 15.6. The van der Waals surface area contributed by atoms with Crippen LogP contribution in [0.1, 0.15) is 29.3 Å². The molecule has 1 aromatic heterocycles. The molecular formula is C28H24N2O4. The second kappa shape index (κ2) is 8.24. The van der Waals surface area contributed by atoms with Crippen LogP contribution in [0.4, 0.5) is 0 Å². The lowest BCUT2D eigenvalue weighted by molar-refractivity contribution is -0.0271. The lowest BCUT2D eigenvalue weighted by atomic mass is 9.66. The third-order valence-electron chi connectivity index (χ3n) is 6.94. The van der Waals surface area contributed by atoms with E-state index in [0.29, 0.717) is 6.42 Å². The maximum Gasteiger partial charge on any atom is 0.302 e. The Kier molecular flexibility index (Phi) is 5.05. The number of hydrogen-bond donors (Lipinski definition) is 1. The van der Waals surface area contributed by atoms with Gasteiger partial charge in [-0.05, 0) is 23.1 Å².